The molecule has 2 fully saturated rings. The van der Waals surface area contributed by atoms with Crippen molar-refractivity contribution < 1.29 is 9.59 Å². The summed E-state index contributed by atoms with van der Waals surface area (Å²) >= 11 is 0. The molecule has 2 aromatic rings. The maximum Gasteiger partial charge on any atom is 0.320 e. The molecular weight excluding hydrogens is 366 g/mol. The van der Waals surface area contributed by atoms with Gasteiger partial charge in [0.25, 0.3) is 0 Å². The zero-order chi connectivity index (χ0) is 20.1. The summed E-state index contributed by atoms with van der Waals surface area (Å²) in [5.41, 5.74) is 2.24. The smallest absolute Gasteiger partial charge is 0.320 e. The highest BCUT2D eigenvalue weighted by Gasteiger charge is 2.31. The SMILES string of the molecule is O=C(NCc1ccccc1Cn1cccn1)[C@@H]1CCCN(C(=O)N2CCCC2)C1. The molecule has 1 N–H and O–H groups in total. The molecule has 1 aromatic carbocycles. The Morgan fingerprint density at radius 2 is 1.76 bits per heavy atom. The van der Waals surface area contributed by atoms with Crippen LogP contribution >= 0.6 is 0 Å². The van der Waals surface area contributed by atoms with Gasteiger partial charge < -0.3 is 15.1 Å². The minimum absolute atomic E-state index is 0.0396. The van der Waals surface area contributed by atoms with Crippen molar-refractivity contribution >= 4 is 11.9 Å². The second-order valence-corrected chi connectivity index (χ2v) is 7.95. The molecule has 0 spiro atoms. The lowest BCUT2D eigenvalue weighted by atomic mass is 9.97. The molecule has 154 valence electrons. The molecule has 3 heterocycles. The van der Waals surface area contributed by atoms with Gasteiger partial charge in [-0.05, 0) is 42.9 Å². The van der Waals surface area contributed by atoms with Gasteiger partial charge in [0.1, 0.15) is 0 Å². The third-order valence-electron chi connectivity index (χ3n) is 5.90. The number of piperidine rings is 1. The van der Waals surface area contributed by atoms with Crippen molar-refractivity contribution in [2.75, 3.05) is 26.2 Å². The molecular formula is C22H29N5O2. The molecule has 0 unspecified atom stereocenters. The average Bonchev–Trinajstić information content (AvgIpc) is 3.47. The van der Waals surface area contributed by atoms with Crippen molar-refractivity contribution in [1.29, 1.82) is 0 Å². The van der Waals surface area contributed by atoms with Gasteiger partial charge in [0, 0.05) is 45.1 Å². The molecule has 0 aliphatic carbocycles. The number of carbonyl (C=O) groups is 2. The molecule has 7 nitrogen and oxygen atoms in total. The van der Waals surface area contributed by atoms with Crippen LogP contribution in [0.1, 0.15) is 36.8 Å². The summed E-state index contributed by atoms with van der Waals surface area (Å²) in [5.74, 6) is -0.0913. The molecule has 29 heavy (non-hydrogen) atoms. The lowest BCUT2D eigenvalue weighted by Crippen LogP contribution is -2.49. The lowest BCUT2D eigenvalue weighted by molar-refractivity contribution is -0.126. The number of nitrogens with zero attached hydrogens (tertiary/aromatic N) is 4. The van der Waals surface area contributed by atoms with Gasteiger partial charge >= 0.3 is 6.03 Å². The van der Waals surface area contributed by atoms with E-state index in [2.05, 4.69) is 16.5 Å². The van der Waals surface area contributed by atoms with Crippen LogP contribution in [-0.2, 0) is 17.9 Å². The number of aromatic nitrogens is 2. The zero-order valence-electron chi connectivity index (χ0n) is 16.8. The van der Waals surface area contributed by atoms with Crippen LogP contribution in [-0.4, -0.2) is 57.7 Å². The molecule has 2 aliphatic rings. The Hall–Kier alpha value is -2.83. The molecule has 7 heteroatoms. The highest BCUT2D eigenvalue weighted by atomic mass is 16.2. The van der Waals surface area contributed by atoms with Gasteiger partial charge in [-0.3, -0.25) is 9.48 Å². The van der Waals surface area contributed by atoms with Crippen molar-refractivity contribution in [1.82, 2.24) is 24.9 Å². The molecule has 4 rings (SSSR count). The van der Waals surface area contributed by atoms with E-state index in [0.29, 0.717) is 19.6 Å². The standard InChI is InChI=1S/C22H29N5O2/c28-21(20-9-5-13-26(16-20)22(29)25-11-3-4-12-25)23-15-18-7-1-2-8-19(18)17-27-14-6-10-24-27/h1-2,6-8,10,14,20H,3-5,9,11-13,15-17H2,(H,23,28)/t20-/m1/s1. The minimum atomic E-state index is -0.131. The van der Waals surface area contributed by atoms with E-state index in [9.17, 15) is 9.59 Å². The Kier molecular flexibility index (Phi) is 6.12. The monoisotopic (exact) mass is 395 g/mol. The van der Waals surface area contributed by atoms with Crippen molar-refractivity contribution in [2.45, 2.75) is 38.8 Å². The summed E-state index contributed by atoms with van der Waals surface area (Å²) in [6.07, 6.45) is 7.59. The second-order valence-electron chi connectivity index (χ2n) is 7.95. The Bertz CT molecular complexity index is 829. The fourth-order valence-electron chi connectivity index (χ4n) is 4.25. The van der Waals surface area contributed by atoms with Gasteiger partial charge in [-0.2, -0.15) is 5.10 Å². The van der Waals surface area contributed by atoms with E-state index in [1.165, 1.54) is 0 Å². The number of urea groups is 1. The van der Waals surface area contributed by atoms with Crippen LogP contribution in [0.4, 0.5) is 4.79 Å². The van der Waals surface area contributed by atoms with Crippen LogP contribution in [0, 0.1) is 5.92 Å². The van der Waals surface area contributed by atoms with E-state index in [0.717, 1.165) is 56.4 Å². The molecule has 1 aromatic heterocycles. The van der Waals surface area contributed by atoms with Crippen LogP contribution in [0.2, 0.25) is 0 Å². The summed E-state index contributed by atoms with van der Waals surface area (Å²) in [6, 6.07) is 10.1. The number of hydrogen-bond acceptors (Lipinski definition) is 3. The van der Waals surface area contributed by atoms with Crippen molar-refractivity contribution in [3.05, 3.63) is 53.9 Å². The summed E-state index contributed by atoms with van der Waals surface area (Å²) in [4.78, 5) is 29.3. The van der Waals surface area contributed by atoms with E-state index >= 15 is 0 Å². The summed E-state index contributed by atoms with van der Waals surface area (Å²) in [5, 5.41) is 7.36. The molecule has 1 atom stereocenters. The van der Waals surface area contributed by atoms with Gasteiger partial charge in [-0.1, -0.05) is 24.3 Å². The zero-order valence-corrected chi connectivity index (χ0v) is 16.8. The quantitative estimate of drug-likeness (QED) is 0.846. The van der Waals surface area contributed by atoms with Crippen molar-refractivity contribution in [3.63, 3.8) is 0 Å². The fourth-order valence-corrected chi connectivity index (χ4v) is 4.25. The van der Waals surface area contributed by atoms with Gasteiger partial charge in [0.2, 0.25) is 5.91 Å². The average molecular weight is 396 g/mol. The van der Waals surface area contributed by atoms with Gasteiger partial charge in [0.05, 0.1) is 12.5 Å². The number of carbonyl (C=O) groups excluding carboxylic acids is 2. The Balaban J connectivity index is 1.33. The molecule has 0 radical (unpaired) electrons. The van der Waals surface area contributed by atoms with Crippen molar-refractivity contribution in [2.24, 2.45) is 5.92 Å². The largest absolute Gasteiger partial charge is 0.352 e. The van der Waals surface area contributed by atoms with Crippen LogP contribution in [0.3, 0.4) is 0 Å². The summed E-state index contributed by atoms with van der Waals surface area (Å²) in [6.45, 7) is 4.15. The van der Waals surface area contributed by atoms with E-state index < -0.39 is 0 Å². The van der Waals surface area contributed by atoms with Gasteiger partial charge in [-0.15, -0.1) is 0 Å². The first-order chi connectivity index (χ1) is 14.2. The fraction of sp³-hybridized carbons (Fsp3) is 0.500. The molecule has 2 saturated heterocycles. The van der Waals surface area contributed by atoms with Crippen LogP contribution in [0.25, 0.3) is 0 Å². The highest BCUT2D eigenvalue weighted by molar-refractivity contribution is 5.81. The van der Waals surface area contributed by atoms with Gasteiger partial charge in [-0.25, -0.2) is 4.79 Å². The first-order valence-electron chi connectivity index (χ1n) is 10.6. The summed E-state index contributed by atoms with van der Waals surface area (Å²) < 4.78 is 1.88. The third kappa shape index (κ3) is 4.78. The predicted octanol–water partition coefficient (Wildman–Crippen LogP) is 2.48. The van der Waals surface area contributed by atoms with E-state index in [4.69, 9.17) is 0 Å². The number of likely N-dealkylation sites (tertiary alicyclic amines) is 2. The van der Waals surface area contributed by atoms with Crippen LogP contribution in [0.15, 0.2) is 42.7 Å². The summed E-state index contributed by atoms with van der Waals surface area (Å²) in [7, 11) is 0. The van der Waals surface area contributed by atoms with Crippen LogP contribution < -0.4 is 5.32 Å². The number of nitrogens with one attached hydrogen (secondary N) is 1. The Labute approximate surface area is 171 Å². The lowest BCUT2D eigenvalue weighted by Gasteiger charge is -2.34. The Morgan fingerprint density at radius 3 is 2.52 bits per heavy atom. The van der Waals surface area contributed by atoms with Crippen molar-refractivity contribution in [3.8, 4) is 0 Å². The first kappa shape index (κ1) is 19.5. The maximum absolute atomic E-state index is 12.8. The molecule has 2 aliphatic heterocycles. The van der Waals surface area contributed by atoms with E-state index in [1.807, 2.05) is 44.9 Å². The highest BCUT2D eigenvalue weighted by Crippen LogP contribution is 2.20. The number of amides is 3. The second kappa shape index (κ2) is 9.11. The minimum Gasteiger partial charge on any atom is -0.352 e. The normalized spacial score (nSPS) is 19.4. The van der Waals surface area contributed by atoms with E-state index in [-0.39, 0.29) is 17.9 Å². The topological polar surface area (TPSA) is 70.5 Å². The Morgan fingerprint density at radius 1 is 1.00 bits per heavy atom. The number of benzene rings is 1. The molecule has 0 bridgehead atoms. The molecule has 0 saturated carbocycles. The predicted molar refractivity (Wildman–Crippen MR) is 110 cm³/mol. The van der Waals surface area contributed by atoms with Crippen LogP contribution in [0.5, 0.6) is 0 Å². The molecule has 3 amide bonds. The number of hydrogen-bond donors (Lipinski definition) is 1. The number of rotatable bonds is 5. The first-order valence-corrected chi connectivity index (χ1v) is 10.6. The van der Waals surface area contributed by atoms with Gasteiger partial charge in [0.15, 0.2) is 0 Å². The maximum atomic E-state index is 12.8. The van der Waals surface area contributed by atoms with E-state index in [1.54, 1.807) is 6.20 Å². The third-order valence-corrected chi connectivity index (χ3v) is 5.90.